The summed E-state index contributed by atoms with van der Waals surface area (Å²) in [6, 6.07) is 10.0. The van der Waals surface area contributed by atoms with Gasteiger partial charge in [0.2, 0.25) is 0 Å². The van der Waals surface area contributed by atoms with E-state index < -0.39 is 10.8 Å². The Labute approximate surface area is 237 Å². The number of benzene rings is 2. The maximum absolute atomic E-state index is 13.9. The van der Waals surface area contributed by atoms with Gasteiger partial charge < -0.3 is 9.64 Å². The third-order valence-corrected chi connectivity index (χ3v) is 8.42. The van der Waals surface area contributed by atoms with Gasteiger partial charge in [-0.25, -0.2) is 0 Å². The quantitative estimate of drug-likeness (QED) is 0.276. The van der Waals surface area contributed by atoms with E-state index in [2.05, 4.69) is 27.7 Å². The Morgan fingerprint density at radius 3 is 1.92 bits per heavy atom. The van der Waals surface area contributed by atoms with Gasteiger partial charge in [-0.3, -0.25) is 19.7 Å². The molecule has 39 heavy (non-hydrogen) atoms. The maximum Gasteiger partial charge on any atom is 0.288 e. The minimum Gasteiger partial charge on any atom is -0.495 e. The summed E-state index contributed by atoms with van der Waals surface area (Å²) >= 11 is 12.7. The fraction of sp³-hybridized carbons (Fsp3) is 0.400. The Morgan fingerprint density at radius 1 is 0.872 bits per heavy atom. The highest BCUT2D eigenvalue weighted by Crippen LogP contribution is 2.56. The van der Waals surface area contributed by atoms with Crippen molar-refractivity contribution in [3.63, 3.8) is 0 Å². The number of carbonyl (C=O) groups is 2. The third-order valence-electron chi connectivity index (χ3n) is 7.80. The van der Waals surface area contributed by atoms with E-state index in [9.17, 15) is 19.7 Å². The molecule has 0 N–H and O–H groups in total. The summed E-state index contributed by atoms with van der Waals surface area (Å²) in [6.45, 7) is 8.21. The van der Waals surface area contributed by atoms with Crippen LogP contribution in [0.25, 0.3) is 0 Å². The van der Waals surface area contributed by atoms with Crippen molar-refractivity contribution in [2.45, 2.75) is 59.3 Å². The Kier molecular flexibility index (Phi) is 6.67. The zero-order valence-electron chi connectivity index (χ0n) is 22.6. The third kappa shape index (κ3) is 4.76. The molecule has 1 aliphatic heterocycles. The number of nitro groups is 1. The van der Waals surface area contributed by atoms with Crippen molar-refractivity contribution < 1.29 is 19.2 Å². The number of hydrogen-bond acceptors (Lipinski definition) is 6. The SMILES string of the molecule is COc1ccc(N2C3=C(C(=O)CC(C)(C)C3)C(c3ccc(Cl)c([N+](=O)[O-])c3)C3=C2CC(C)(C)CC3=O)cc1Cl. The van der Waals surface area contributed by atoms with Gasteiger partial charge >= 0.3 is 0 Å². The molecule has 0 spiro atoms. The van der Waals surface area contributed by atoms with Crippen LogP contribution in [0.5, 0.6) is 5.75 Å². The van der Waals surface area contributed by atoms with Gasteiger partial charge in [-0.1, -0.05) is 57.0 Å². The molecule has 0 amide bonds. The van der Waals surface area contributed by atoms with Crippen LogP contribution in [-0.4, -0.2) is 23.6 Å². The Hall–Kier alpha value is -3.16. The Bertz CT molecular complexity index is 1450. The summed E-state index contributed by atoms with van der Waals surface area (Å²) in [4.78, 5) is 41.2. The number of carbonyl (C=O) groups excluding carboxylic acids is 2. The average Bonchev–Trinajstić information content (AvgIpc) is 2.81. The smallest absolute Gasteiger partial charge is 0.288 e. The van der Waals surface area contributed by atoms with Crippen molar-refractivity contribution in [2.75, 3.05) is 12.0 Å². The van der Waals surface area contributed by atoms with Gasteiger partial charge in [-0.15, -0.1) is 0 Å². The van der Waals surface area contributed by atoms with Crippen molar-refractivity contribution in [3.8, 4) is 5.75 Å². The van der Waals surface area contributed by atoms with Gasteiger partial charge in [0, 0.05) is 53.1 Å². The topological polar surface area (TPSA) is 89.8 Å². The molecule has 2 aromatic carbocycles. The van der Waals surface area contributed by atoms with Crippen LogP contribution in [0.1, 0.15) is 64.9 Å². The van der Waals surface area contributed by atoms with Crippen molar-refractivity contribution in [1.82, 2.24) is 0 Å². The van der Waals surface area contributed by atoms with Gasteiger partial charge in [0.25, 0.3) is 5.69 Å². The second-order valence-corrected chi connectivity index (χ2v) is 13.0. The fourth-order valence-electron chi connectivity index (χ4n) is 6.25. The lowest BCUT2D eigenvalue weighted by molar-refractivity contribution is -0.384. The van der Waals surface area contributed by atoms with Crippen LogP contribution in [0.15, 0.2) is 58.9 Å². The fourth-order valence-corrected chi connectivity index (χ4v) is 6.69. The predicted molar refractivity (Wildman–Crippen MR) is 151 cm³/mol. The molecular formula is C30H30Cl2N2O5. The van der Waals surface area contributed by atoms with E-state index in [0.29, 0.717) is 53.2 Å². The van der Waals surface area contributed by atoms with Crippen molar-refractivity contribution in [1.29, 1.82) is 0 Å². The molecule has 7 nitrogen and oxygen atoms in total. The second kappa shape index (κ2) is 9.49. The number of ether oxygens (including phenoxy) is 1. The first-order valence-corrected chi connectivity index (χ1v) is 13.6. The van der Waals surface area contributed by atoms with E-state index in [0.717, 1.165) is 17.1 Å². The molecule has 3 aliphatic rings. The lowest BCUT2D eigenvalue weighted by Gasteiger charge is -2.49. The van der Waals surface area contributed by atoms with Crippen LogP contribution in [0.3, 0.4) is 0 Å². The summed E-state index contributed by atoms with van der Waals surface area (Å²) in [7, 11) is 1.55. The number of nitrogens with zero attached hydrogens (tertiary/aromatic N) is 2. The van der Waals surface area contributed by atoms with Gasteiger partial charge in [0.05, 0.1) is 17.1 Å². The first-order chi connectivity index (χ1) is 18.2. The average molecular weight is 569 g/mol. The number of ketones is 2. The van der Waals surface area contributed by atoms with Gasteiger partial charge in [0.1, 0.15) is 10.8 Å². The monoisotopic (exact) mass is 568 g/mol. The number of hydrogen-bond donors (Lipinski definition) is 0. The highest BCUT2D eigenvalue weighted by Gasteiger charge is 2.49. The lowest BCUT2D eigenvalue weighted by Crippen LogP contribution is -2.44. The maximum atomic E-state index is 13.9. The standard InChI is InChI=1S/C30H30Cl2N2O5/c1-29(2)12-21-27(23(35)14-29)26(16-6-8-18(31)20(10-16)34(37)38)28-22(13-30(3,4)15-24(28)36)33(21)17-7-9-25(39-5)19(32)11-17/h6-11,26H,12-15H2,1-5H3. The van der Waals surface area contributed by atoms with Gasteiger partial charge in [0.15, 0.2) is 11.6 Å². The van der Waals surface area contributed by atoms with E-state index in [1.165, 1.54) is 12.1 Å². The molecule has 0 aromatic heterocycles. The van der Waals surface area contributed by atoms with E-state index in [-0.39, 0.29) is 33.1 Å². The predicted octanol–water partition coefficient (Wildman–Crippen LogP) is 7.80. The molecule has 0 unspecified atom stereocenters. The van der Waals surface area contributed by atoms with Crippen molar-refractivity contribution in [3.05, 3.63) is 84.7 Å². The molecule has 0 saturated carbocycles. The van der Waals surface area contributed by atoms with Crippen LogP contribution in [0.4, 0.5) is 11.4 Å². The molecule has 2 aliphatic carbocycles. The molecule has 2 aromatic rings. The molecule has 0 bridgehead atoms. The summed E-state index contributed by atoms with van der Waals surface area (Å²) < 4.78 is 5.37. The first kappa shape index (κ1) is 27.4. The highest BCUT2D eigenvalue weighted by molar-refractivity contribution is 6.33. The van der Waals surface area contributed by atoms with Crippen LogP contribution >= 0.6 is 23.2 Å². The number of allylic oxidation sites excluding steroid dienone is 4. The van der Waals surface area contributed by atoms with Crippen LogP contribution in [0, 0.1) is 20.9 Å². The number of anilines is 1. The number of methoxy groups -OCH3 is 1. The zero-order valence-corrected chi connectivity index (χ0v) is 24.1. The summed E-state index contributed by atoms with van der Waals surface area (Å²) in [5.41, 5.74) is 2.94. The minimum absolute atomic E-state index is 0.00433. The zero-order chi connectivity index (χ0) is 28.4. The minimum atomic E-state index is -0.719. The summed E-state index contributed by atoms with van der Waals surface area (Å²) in [5.74, 6) is -0.342. The number of halogens is 2. The van der Waals surface area contributed by atoms with Crippen LogP contribution in [0.2, 0.25) is 10.0 Å². The normalized spacial score (nSPS) is 20.6. The number of nitro benzene ring substituents is 1. The molecule has 204 valence electrons. The first-order valence-electron chi connectivity index (χ1n) is 12.8. The Morgan fingerprint density at radius 2 is 1.44 bits per heavy atom. The van der Waals surface area contributed by atoms with Gasteiger partial charge in [-0.05, 0) is 53.5 Å². The number of rotatable bonds is 4. The van der Waals surface area contributed by atoms with Gasteiger partial charge in [-0.2, -0.15) is 0 Å². The van der Waals surface area contributed by atoms with E-state index in [1.54, 1.807) is 25.3 Å². The largest absolute Gasteiger partial charge is 0.495 e. The molecule has 5 rings (SSSR count). The van der Waals surface area contributed by atoms with Crippen molar-refractivity contribution in [2.24, 2.45) is 10.8 Å². The van der Waals surface area contributed by atoms with Crippen LogP contribution < -0.4 is 9.64 Å². The molecule has 1 heterocycles. The second-order valence-electron chi connectivity index (χ2n) is 12.2. The molecule has 0 saturated heterocycles. The Balaban J connectivity index is 1.84. The molecule has 9 heteroatoms. The summed E-state index contributed by atoms with van der Waals surface area (Å²) in [5, 5.41) is 12.2. The summed E-state index contributed by atoms with van der Waals surface area (Å²) in [6.07, 6.45) is 1.76. The van der Waals surface area contributed by atoms with E-state index in [4.69, 9.17) is 27.9 Å². The molecule has 0 radical (unpaired) electrons. The molecule has 0 atom stereocenters. The van der Waals surface area contributed by atoms with E-state index >= 15 is 0 Å². The molecule has 0 fully saturated rings. The lowest BCUT2D eigenvalue weighted by atomic mass is 9.63. The highest BCUT2D eigenvalue weighted by atomic mass is 35.5. The van der Waals surface area contributed by atoms with Crippen molar-refractivity contribution >= 4 is 46.1 Å². The number of Topliss-reactive ketones (excluding diaryl/α,β-unsaturated/α-hetero) is 2. The van der Waals surface area contributed by atoms with E-state index in [1.807, 2.05) is 11.0 Å². The molecular weight excluding hydrogens is 539 g/mol. The van der Waals surface area contributed by atoms with Crippen LogP contribution in [-0.2, 0) is 9.59 Å².